The molecule has 7 heteroatoms. The fourth-order valence-electron chi connectivity index (χ4n) is 6.16. The van der Waals surface area contributed by atoms with Gasteiger partial charge in [0.05, 0.1) is 11.0 Å². The molecule has 0 aliphatic carbocycles. The lowest BCUT2D eigenvalue weighted by atomic mass is 10.0. The molecular formula is C39H24N6S. The van der Waals surface area contributed by atoms with Crippen LogP contribution in [0.2, 0.25) is 0 Å². The second kappa shape index (κ2) is 10.8. The number of hydrogen-bond donors (Lipinski definition) is 0. The number of benzene rings is 4. The van der Waals surface area contributed by atoms with Crippen LogP contribution in [0.5, 0.6) is 0 Å². The maximum Gasteiger partial charge on any atom is 0.164 e. The van der Waals surface area contributed by atoms with Gasteiger partial charge in [-0.1, -0.05) is 60.7 Å². The number of hydrogen-bond acceptors (Lipinski definition) is 6. The summed E-state index contributed by atoms with van der Waals surface area (Å²) in [6.45, 7) is 0. The zero-order valence-electron chi connectivity index (χ0n) is 24.4. The first-order valence-corrected chi connectivity index (χ1v) is 15.9. The van der Waals surface area contributed by atoms with E-state index in [4.69, 9.17) is 15.0 Å². The number of fused-ring (bicyclic) bond motifs is 5. The molecule has 9 rings (SSSR count). The Morgan fingerprint density at radius 3 is 1.87 bits per heavy atom. The lowest BCUT2D eigenvalue weighted by molar-refractivity contribution is 1.07. The Morgan fingerprint density at radius 2 is 1.11 bits per heavy atom. The fourth-order valence-corrected chi connectivity index (χ4v) is 7.12. The van der Waals surface area contributed by atoms with Gasteiger partial charge in [0.1, 0.15) is 0 Å². The average molecular weight is 609 g/mol. The zero-order chi connectivity index (χ0) is 30.5. The van der Waals surface area contributed by atoms with Gasteiger partial charge in [0.2, 0.25) is 0 Å². The van der Waals surface area contributed by atoms with E-state index >= 15 is 0 Å². The van der Waals surface area contributed by atoms with Crippen molar-refractivity contribution in [2.75, 3.05) is 0 Å². The first kappa shape index (κ1) is 26.4. The summed E-state index contributed by atoms with van der Waals surface area (Å²) in [7, 11) is 0. The van der Waals surface area contributed by atoms with Crippen molar-refractivity contribution in [2.45, 2.75) is 0 Å². The number of pyridine rings is 2. The van der Waals surface area contributed by atoms with E-state index < -0.39 is 0 Å². The molecule has 0 aliphatic rings. The van der Waals surface area contributed by atoms with Crippen LogP contribution in [0.3, 0.4) is 0 Å². The second-order valence-corrected chi connectivity index (χ2v) is 12.0. The standard InChI is InChI=1S/C39H24N6S/c1-2-7-33-32(6-1)35-34(13-12-27-18-23-46-36(27)35)45(33)31-5-3-4-30(24-31)39-43-37(42-38(44-39)29-16-21-41-22-17-29)28-10-8-25(9-11-28)26-14-19-40-20-15-26/h1-24H. The van der Waals surface area contributed by atoms with Crippen LogP contribution in [0.15, 0.2) is 145 Å². The van der Waals surface area contributed by atoms with Crippen LogP contribution in [0.1, 0.15) is 0 Å². The van der Waals surface area contributed by atoms with Gasteiger partial charge in [-0.15, -0.1) is 11.3 Å². The van der Waals surface area contributed by atoms with E-state index in [1.807, 2.05) is 24.3 Å². The van der Waals surface area contributed by atoms with E-state index in [2.05, 4.69) is 111 Å². The SMILES string of the molecule is c1cc(-c2nc(-c3ccncc3)nc(-c3ccc(-c4ccncc4)cc3)n2)cc(-n2c3ccccc3c3c4sccc4ccc32)c1. The quantitative estimate of drug-likeness (QED) is 0.195. The highest BCUT2D eigenvalue weighted by Crippen LogP contribution is 2.39. The molecule has 0 spiro atoms. The van der Waals surface area contributed by atoms with Crippen molar-refractivity contribution in [3.8, 4) is 51.0 Å². The third-order valence-corrected chi connectivity index (χ3v) is 9.30. The molecule has 0 saturated heterocycles. The Morgan fingerprint density at radius 1 is 0.478 bits per heavy atom. The normalized spacial score (nSPS) is 11.5. The maximum atomic E-state index is 5.03. The molecule has 0 radical (unpaired) electrons. The van der Waals surface area contributed by atoms with Crippen LogP contribution in [0.4, 0.5) is 0 Å². The van der Waals surface area contributed by atoms with E-state index in [1.165, 1.54) is 31.9 Å². The molecule has 0 atom stereocenters. The minimum absolute atomic E-state index is 0.600. The molecule has 46 heavy (non-hydrogen) atoms. The van der Waals surface area contributed by atoms with Crippen molar-refractivity contribution in [3.05, 3.63) is 145 Å². The molecule has 0 amide bonds. The molecule has 216 valence electrons. The lowest BCUT2D eigenvalue weighted by Crippen LogP contribution is -2.01. The Kier molecular flexibility index (Phi) is 6.21. The molecule has 0 unspecified atom stereocenters. The van der Waals surface area contributed by atoms with Crippen LogP contribution in [-0.4, -0.2) is 29.5 Å². The summed E-state index contributed by atoms with van der Waals surface area (Å²) in [4.78, 5) is 23.3. The van der Waals surface area contributed by atoms with Gasteiger partial charge in [-0.25, -0.2) is 15.0 Å². The number of nitrogens with zero attached hydrogens (tertiary/aromatic N) is 6. The van der Waals surface area contributed by atoms with Gasteiger partial charge in [-0.05, 0) is 76.5 Å². The molecule has 5 aromatic heterocycles. The number of rotatable bonds is 5. The van der Waals surface area contributed by atoms with E-state index in [-0.39, 0.29) is 0 Å². The first-order chi connectivity index (χ1) is 22.8. The molecule has 0 N–H and O–H groups in total. The first-order valence-electron chi connectivity index (χ1n) is 15.0. The third-order valence-electron chi connectivity index (χ3n) is 8.35. The van der Waals surface area contributed by atoms with Crippen molar-refractivity contribution in [1.29, 1.82) is 0 Å². The summed E-state index contributed by atoms with van der Waals surface area (Å²) in [6, 6.07) is 39.9. The largest absolute Gasteiger partial charge is 0.309 e. The summed E-state index contributed by atoms with van der Waals surface area (Å²) in [5.41, 5.74) is 8.31. The van der Waals surface area contributed by atoms with Crippen molar-refractivity contribution < 1.29 is 0 Å². The number of aromatic nitrogens is 6. The average Bonchev–Trinajstić information content (AvgIpc) is 3.75. The topological polar surface area (TPSA) is 69.4 Å². The Bertz CT molecular complexity index is 2520. The monoisotopic (exact) mass is 608 g/mol. The zero-order valence-corrected chi connectivity index (χ0v) is 25.3. The fraction of sp³-hybridized carbons (Fsp3) is 0. The molecule has 6 nitrogen and oxygen atoms in total. The molecular weight excluding hydrogens is 585 g/mol. The predicted molar refractivity (Wildman–Crippen MR) is 187 cm³/mol. The van der Waals surface area contributed by atoms with E-state index in [1.54, 1.807) is 36.1 Å². The Labute approximate surface area is 268 Å². The minimum atomic E-state index is 0.600. The van der Waals surface area contributed by atoms with E-state index in [0.717, 1.165) is 33.5 Å². The van der Waals surface area contributed by atoms with Crippen molar-refractivity contribution in [2.24, 2.45) is 0 Å². The van der Waals surface area contributed by atoms with E-state index in [0.29, 0.717) is 17.5 Å². The highest BCUT2D eigenvalue weighted by atomic mass is 32.1. The summed E-state index contributed by atoms with van der Waals surface area (Å²) < 4.78 is 3.65. The van der Waals surface area contributed by atoms with Crippen LogP contribution in [-0.2, 0) is 0 Å². The summed E-state index contributed by atoms with van der Waals surface area (Å²) in [5, 5.41) is 5.96. The van der Waals surface area contributed by atoms with Crippen LogP contribution >= 0.6 is 11.3 Å². The maximum absolute atomic E-state index is 5.03. The van der Waals surface area contributed by atoms with Gasteiger partial charge in [-0.2, -0.15) is 0 Å². The molecule has 0 saturated carbocycles. The smallest absolute Gasteiger partial charge is 0.164 e. The van der Waals surface area contributed by atoms with E-state index in [9.17, 15) is 0 Å². The molecule has 0 bridgehead atoms. The Hall–Kier alpha value is -6.05. The third kappa shape index (κ3) is 4.45. The van der Waals surface area contributed by atoms with Gasteiger partial charge >= 0.3 is 0 Å². The van der Waals surface area contributed by atoms with Crippen molar-refractivity contribution >= 4 is 43.2 Å². The van der Waals surface area contributed by atoms with Crippen LogP contribution in [0, 0.1) is 0 Å². The van der Waals surface area contributed by atoms with Gasteiger partial charge < -0.3 is 4.57 Å². The van der Waals surface area contributed by atoms with Gasteiger partial charge in [0, 0.05) is 62.6 Å². The second-order valence-electron chi connectivity index (χ2n) is 11.1. The molecule has 5 heterocycles. The highest BCUT2D eigenvalue weighted by Gasteiger charge is 2.17. The van der Waals surface area contributed by atoms with Crippen LogP contribution < -0.4 is 0 Å². The summed E-state index contributed by atoms with van der Waals surface area (Å²) >= 11 is 1.79. The van der Waals surface area contributed by atoms with Crippen molar-refractivity contribution in [1.82, 2.24) is 29.5 Å². The number of para-hydroxylation sites is 1. The summed E-state index contributed by atoms with van der Waals surface area (Å²) in [5.74, 6) is 1.82. The Balaban J connectivity index is 1.21. The molecule has 0 aliphatic heterocycles. The summed E-state index contributed by atoms with van der Waals surface area (Å²) in [6.07, 6.45) is 7.13. The minimum Gasteiger partial charge on any atom is -0.309 e. The molecule has 4 aromatic carbocycles. The predicted octanol–water partition coefficient (Wildman–Crippen LogP) is 9.64. The lowest BCUT2D eigenvalue weighted by Gasteiger charge is -2.12. The molecule has 0 fully saturated rings. The van der Waals surface area contributed by atoms with Gasteiger partial charge in [0.15, 0.2) is 17.5 Å². The van der Waals surface area contributed by atoms with Crippen molar-refractivity contribution in [3.63, 3.8) is 0 Å². The van der Waals surface area contributed by atoms with Gasteiger partial charge in [-0.3, -0.25) is 9.97 Å². The highest BCUT2D eigenvalue weighted by molar-refractivity contribution is 7.18. The van der Waals surface area contributed by atoms with Gasteiger partial charge in [0.25, 0.3) is 0 Å². The number of thiophene rings is 1. The molecule has 9 aromatic rings. The van der Waals surface area contributed by atoms with Crippen LogP contribution in [0.25, 0.3) is 82.9 Å².